The lowest BCUT2D eigenvalue weighted by molar-refractivity contribution is 0.100. The lowest BCUT2D eigenvalue weighted by atomic mass is 9.88. The SMILES string of the molecule is Cn1c(C(=O)Nc2cccc(-c3cccc(NC(=O)c4nc5c(n4C)CCN(CC4CCCCC4)C5)c3Cl)c2Cl)nc2c1CCN(CCO)C2. The number of nitrogens with zero attached hydrogens (tertiary/aromatic N) is 6. The molecular weight excluding hydrogens is 675 g/mol. The number of aliphatic hydroxyl groups is 1. The minimum Gasteiger partial charge on any atom is -0.395 e. The number of aromatic nitrogens is 4. The van der Waals surface area contributed by atoms with Gasteiger partial charge in [0.05, 0.1) is 39.4 Å². The Morgan fingerprint density at radius 3 is 1.80 bits per heavy atom. The van der Waals surface area contributed by atoms with Crippen molar-refractivity contribution in [2.24, 2.45) is 20.0 Å². The fourth-order valence-electron chi connectivity index (χ4n) is 7.82. The van der Waals surface area contributed by atoms with Gasteiger partial charge >= 0.3 is 0 Å². The van der Waals surface area contributed by atoms with Gasteiger partial charge in [0.1, 0.15) is 0 Å². The molecule has 4 aromatic rings. The molecule has 3 aliphatic rings. The number of hydrogen-bond donors (Lipinski definition) is 3. The number of imidazole rings is 2. The zero-order valence-electron chi connectivity index (χ0n) is 28.6. The van der Waals surface area contributed by atoms with Crippen LogP contribution in [0.2, 0.25) is 10.0 Å². The smallest absolute Gasteiger partial charge is 0.291 e. The van der Waals surface area contributed by atoms with Crippen LogP contribution in [0.15, 0.2) is 36.4 Å². The molecule has 2 amide bonds. The van der Waals surface area contributed by atoms with Crippen LogP contribution in [-0.4, -0.2) is 78.6 Å². The molecule has 1 saturated carbocycles. The van der Waals surface area contributed by atoms with Crippen molar-refractivity contribution in [1.29, 1.82) is 0 Å². The van der Waals surface area contributed by atoms with E-state index in [2.05, 4.69) is 25.4 Å². The van der Waals surface area contributed by atoms with Gasteiger partial charge in [-0.05, 0) is 30.9 Å². The molecule has 1 aliphatic carbocycles. The number of β-amino-alcohol motifs (C(OH)–C–C–N with tert-alkyl or cyclic N) is 1. The second kappa shape index (κ2) is 14.9. The number of halogens is 2. The minimum atomic E-state index is -0.378. The number of amides is 2. The third kappa shape index (κ3) is 6.94. The maximum atomic E-state index is 13.6. The predicted octanol–water partition coefficient (Wildman–Crippen LogP) is 5.92. The summed E-state index contributed by atoms with van der Waals surface area (Å²) in [4.78, 5) is 41.1. The van der Waals surface area contributed by atoms with Crippen molar-refractivity contribution in [1.82, 2.24) is 28.9 Å². The number of rotatable bonds is 9. The summed E-state index contributed by atoms with van der Waals surface area (Å²) >= 11 is 13.9. The minimum absolute atomic E-state index is 0.0781. The van der Waals surface area contributed by atoms with E-state index in [0.29, 0.717) is 51.5 Å². The Bertz CT molecular complexity index is 1910. The highest BCUT2D eigenvalue weighted by molar-refractivity contribution is 6.40. The molecule has 0 atom stereocenters. The number of carbonyl (C=O) groups is 2. The first-order valence-electron chi connectivity index (χ1n) is 17.6. The molecule has 2 aromatic heterocycles. The van der Waals surface area contributed by atoms with Gasteiger partial charge in [0, 0.05) is 88.7 Å². The second-order valence-electron chi connectivity index (χ2n) is 13.8. The summed E-state index contributed by atoms with van der Waals surface area (Å²) in [6.07, 6.45) is 8.24. The predicted molar refractivity (Wildman–Crippen MR) is 196 cm³/mol. The van der Waals surface area contributed by atoms with Gasteiger partial charge < -0.3 is 24.9 Å². The molecule has 1 fully saturated rings. The van der Waals surface area contributed by atoms with Crippen molar-refractivity contribution in [2.45, 2.75) is 58.0 Å². The van der Waals surface area contributed by atoms with Gasteiger partial charge in [0.15, 0.2) is 11.6 Å². The molecule has 0 unspecified atom stereocenters. The van der Waals surface area contributed by atoms with Gasteiger partial charge in [-0.3, -0.25) is 19.4 Å². The van der Waals surface area contributed by atoms with Crippen molar-refractivity contribution in [3.8, 4) is 11.1 Å². The Balaban J connectivity index is 1.06. The first-order valence-corrected chi connectivity index (χ1v) is 18.3. The van der Waals surface area contributed by atoms with Crippen LogP contribution in [0.4, 0.5) is 11.4 Å². The summed E-state index contributed by atoms with van der Waals surface area (Å²) in [5.41, 5.74) is 6.00. The molecule has 7 rings (SSSR count). The molecule has 0 radical (unpaired) electrons. The van der Waals surface area contributed by atoms with E-state index in [4.69, 9.17) is 28.2 Å². The first-order chi connectivity index (χ1) is 24.2. The molecule has 0 spiro atoms. The summed E-state index contributed by atoms with van der Waals surface area (Å²) < 4.78 is 3.74. The van der Waals surface area contributed by atoms with Crippen LogP contribution < -0.4 is 10.6 Å². The van der Waals surface area contributed by atoms with E-state index < -0.39 is 0 Å². The molecule has 0 bridgehead atoms. The standard InChI is InChI=1S/C37H44Cl2N8O3/c1-44-30-14-16-46(18-19-48)21-28(30)40-34(44)36(49)42-26-12-6-10-24(32(26)38)25-11-7-13-27(33(25)39)43-37(50)35-41-29-22-47(17-15-31(29)45(35)2)20-23-8-4-3-5-9-23/h6-7,10-13,23,48H,3-5,8-9,14-22H2,1-2H3,(H,42,49)(H,43,50). The monoisotopic (exact) mass is 718 g/mol. The molecule has 0 saturated heterocycles. The molecule has 264 valence electrons. The summed E-state index contributed by atoms with van der Waals surface area (Å²) in [6, 6.07) is 10.7. The largest absolute Gasteiger partial charge is 0.395 e. The number of aliphatic hydroxyl groups excluding tert-OH is 1. The van der Waals surface area contributed by atoms with Crippen molar-refractivity contribution in [2.75, 3.05) is 43.4 Å². The van der Waals surface area contributed by atoms with E-state index in [1.54, 1.807) is 18.2 Å². The summed E-state index contributed by atoms with van der Waals surface area (Å²) in [6.45, 7) is 4.87. The average molecular weight is 720 g/mol. The van der Waals surface area contributed by atoms with Crippen LogP contribution in [0, 0.1) is 5.92 Å². The van der Waals surface area contributed by atoms with Crippen LogP contribution in [-0.2, 0) is 40.0 Å². The Kier molecular flexibility index (Phi) is 10.3. The molecule has 13 heteroatoms. The van der Waals surface area contributed by atoms with E-state index in [0.717, 1.165) is 67.7 Å². The van der Waals surface area contributed by atoms with Gasteiger partial charge in [-0.25, -0.2) is 9.97 Å². The van der Waals surface area contributed by atoms with E-state index in [1.807, 2.05) is 41.4 Å². The highest BCUT2D eigenvalue weighted by Crippen LogP contribution is 2.40. The topological polar surface area (TPSA) is 121 Å². The van der Waals surface area contributed by atoms with Gasteiger partial charge in [-0.1, -0.05) is 66.7 Å². The zero-order valence-corrected chi connectivity index (χ0v) is 30.2. The van der Waals surface area contributed by atoms with E-state index in [-0.39, 0.29) is 24.2 Å². The van der Waals surface area contributed by atoms with Gasteiger partial charge in [-0.15, -0.1) is 0 Å². The first kappa shape index (κ1) is 34.7. The third-order valence-corrected chi connectivity index (χ3v) is 11.3. The van der Waals surface area contributed by atoms with E-state index in [9.17, 15) is 14.7 Å². The molecule has 3 N–H and O–H groups in total. The number of hydrogen-bond acceptors (Lipinski definition) is 7. The number of anilines is 2. The van der Waals surface area contributed by atoms with Crippen molar-refractivity contribution < 1.29 is 14.7 Å². The van der Waals surface area contributed by atoms with E-state index in [1.165, 1.54) is 32.1 Å². The summed E-state index contributed by atoms with van der Waals surface area (Å²) in [5, 5.41) is 15.9. The van der Waals surface area contributed by atoms with Crippen LogP contribution in [0.25, 0.3) is 11.1 Å². The molecular formula is C37H44Cl2N8O3. The van der Waals surface area contributed by atoms with Gasteiger partial charge in [0.2, 0.25) is 0 Å². The summed E-state index contributed by atoms with van der Waals surface area (Å²) in [7, 11) is 3.74. The van der Waals surface area contributed by atoms with Crippen molar-refractivity contribution in [3.05, 3.63) is 80.9 Å². The number of carbonyl (C=O) groups excluding carboxylic acids is 2. The zero-order chi connectivity index (χ0) is 34.9. The maximum absolute atomic E-state index is 13.6. The van der Waals surface area contributed by atoms with Gasteiger partial charge in [-0.2, -0.15) is 0 Å². The van der Waals surface area contributed by atoms with Crippen LogP contribution in [0.5, 0.6) is 0 Å². The van der Waals surface area contributed by atoms with E-state index >= 15 is 0 Å². The maximum Gasteiger partial charge on any atom is 0.291 e. The fourth-order valence-corrected chi connectivity index (χ4v) is 8.37. The molecule has 11 nitrogen and oxygen atoms in total. The lowest BCUT2D eigenvalue weighted by Gasteiger charge is -2.32. The normalized spacial score (nSPS) is 17.0. The lowest BCUT2D eigenvalue weighted by Crippen LogP contribution is -2.35. The average Bonchev–Trinajstić information content (AvgIpc) is 3.62. The van der Waals surface area contributed by atoms with Crippen LogP contribution in [0.3, 0.4) is 0 Å². The Hall–Kier alpha value is -3.74. The van der Waals surface area contributed by atoms with Crippen molar-refractivity contribution in [3.63, 3.8) is 0 Å². The van der Waals surface area contributed by atoms with Crippen molar-refractivity contribution >= 4 is 46.4 Å². The number of nitrogens with one attached hydrogen (secondary N) is 2. The molecule has 2 aromatic carbocycles. The van der Waals surface area contributed by atoms with Crippen LogP contribution >= 0.6 is 23.2 Å². The molecule has 50 heavy (non-hydrogen) atoms. The molecule has 4 heterocycles. The fraction of sp³-hybridized carbons (Fsp3) is 0.459. The Labute approximate surface area is 302 Å². The number of benzene rings is 2. The quantitative estimate of drug-likeness (QED) is 0.197. The molecule has 2 aliphatic heterocycles. The Morgan fingerprint density at radius 2 is 1.28 bits per heavy atom. The number of fused-ring (bicyclic) bond motifs is 2. The third-order valence-electron chi connectivity index (χ3n) is 10.5. The highest BCUT2D eigenvalue weighted by atomic mass is 35.5. The van der Waals surface area contributed by atoms with Gasteiger partial charge in [0.25, 0.3) is 11.8 Å². The second-order valence-corrected chi connectivity index (χ2v) is 14.5. The highest BCUT2D eigenvalue weighted by Gasteiger charge is 2.29. The summed E-state index contributed by atoms with van der Waals surface area (Å²) in [5.74, 6) is 0.697. The van der Waals surface area contributed by atoms with Crippen LogP contribution in [0.1, 0.15) is 76.1 Å². The Morgan fingerprint density at radius 1 is 0.780 bits per heavy atom.